The summed E-state index contributed by atoms with van der Waals surface area (Å²) in [6.45, 7) is 0.824. The number of ether oxygens (including phenoxy) is 6. The van der Waals surface area contributed by atoms with E-state index < -0.39 is 96.1 Å². The largest absolute Gasteiger partial charge is 0.507 e. The summed E-state index contributed by atoms with van der Waals surface area (Å²) in [6, 6.07) is 4.65. The van der Waals surface area contributed by atoms with E-state index in [1.807, 2.05) is 0 Å². The summed E-state index contributed by atoms with van der Waals surface area (Å²) in [5.74, 6) is -2.95. The molecule has 17 heteroatoms. The lowest BCUT2D eigenvalue weighted by Crippen LogP contribution is -2.61. The molecule has 2 saturated heterocycles. The molecular formula is C29H34O17. The van der Waals surface area contributed by atoms with Crippen LogP contribution < -0.4 is 19.6 Å². The van der Waals surface area contributed by atoms with E-state index in [1.54, 1.807) is 0 Å². The first-order chi connectivity index (χ1) is 21.8. The molecule has 3 heterocycles. The highest BCUT2D eigenvalue weighted by Crippen LogP contribution is 2.44. The highest BCUT2D eigenvalue weighted by atomic mass is 16.7. The Labute approximate surface area is 259 Å². The zero-order valence-corrected chi connectivity index (χ0v) is 24.6. The van der Waals surface area contributed by atoms with Crippen LogP contribution >= 0.6 is 0 Å². The summed E-state index contributed by atoms with van der Waals surface area (Å²) in [6.07, 6.45) is -16.2. The van der Waals surface area contributed by atoms with E-state index >= 15 is 0 Å². The minimum absolute atomic E-state index is 0.0410. The summed E-state index contributed by atoms with van der Waals surface area (Å²) >= 11 is 0. The van der Waals surface area contributed by atoms with Crippen molar-refractivity contribution >= 4 is 11.0 Å². The normalized spacial score (nSPS) is 31.5. The molecule has 252 valence electrons. The zero-order chi connectivity index (χ0) is 33.6. The zero-order valence-electron chi connectivity index (χ0n) is 24.6. The van der Waals surface area contributed by atoms with Crippen LogP contribution in [0.2, 0.25) is 0 Å². The number of aliphatic hydroxyl groups excluding tert-OH is 6. The lowest BCUT2D eigenvalue weighted by molar-refractivity contribution is -0.318. The lowest BCUT2D eigenvalue weighted by atomic mass is 9.98. The van der Waals surface area contributed by atoms with Crippen LogP contribution in [0.15, 0.2) is 33.5 Å². The Bertz CT molecular complexity index is 1620. The average molecular weight is 655 g/mol. The number of hydrogen-bond donors (Lipinski definition) is 9. The molecule has 3 aromatic rings. The van der Waals surface area contributed by atoms with Crippen LogP contribution in [0, 0.1) is 0 Å². The van der Waals surface area contributed by atoms with Gasteiger partial charge in [-0.05, 0) is 25.1 Å². The number of hydrogen-bond acceptors (Lipinski definition) is 17. The standard InChI is InChI=1S/C29H34O17/c1-9-17(33)20(36)22(38)28(43-9)42-8-15-18(34)21(37)23(39)29(44-15)46-27-19(35)16-12(31)7-13(32)25(41-3)26(16)45-24(27)10-4-5-11(30)14(6-10)40-2/h4-7,9,15,17-18,20-23,28-34,36-39H,8H2,1-3H3/t9?,15?,17-,18+,20-,21?,22?,23?,28+,29-/m0/s1. The van der Waals surface area contributed by atoms with Crippen LogP contribution in [0.25, 0.3) is 22.3 Å². The molecule has 9 N–H and O–H groups in total. The van der Waals surface area contributed by atoms with Gasteiger partial charge in [-0.2, -0.15) is 0 Å². The number of fused-ring (bicyclic) bond motifs is 1. The summed E-state index contributed by atoms with van der Waals surface area (Å²) in [4.78, 5) is 13.9. The van der Waals surface area contributed by atoms with Crippen molar-refractivity contribution in [3.8, 4) is 45.8 Å². The van der Waals surface area contributed by atoms with Gasteiger partial charge in [0.25, 0.3) is 0 Å². The summed E-state index contributed by atoms with van der Waals surface area (Å²) in [5.41, 5.74) is -1.36. The number of aliphatic hydroxyl groups is 6. The molecule has 2 aromatic carbocycles. The fraction of sp³-hybridized carbons (Fsp3) is 0.483. The Morgan fingerprint density at radius 2 is 1.41 bits per heavy atom. The average Bonchev–Trinajstić information content (AvgIpc) is 3.03. The molecule has 0 saturated carbocycles. The van der Waals surface area contributed by atoms with Gasteiger partial charge in [-0.25, -0.2) is 0 Å². The third kappa shape index (κ3) is 5.88. The van der Waals surface area contributed by atoms with Crippen LogP contribution in [-0.2, 0) is 14.2 Å². The van der Waals surface area contributed by atoms with E-state index in [1.165, 1.54) is 39.3 Å². The van der Waals surface area contributed by atoms with Crippen LogP contribution in [-0.4, -0.2) is 128 Å². The molecule has 0 spiro atoms. The first-order valence-electron chi connectivity index (χ1n) is 13.9. The fourth-order valence-corrected chi connectivity index (χ4v) is 5.22. The molecule has 2 aliphatic heterocycles. The molecule has 0 bridgehead atoms. The van der Waals surface area contributed by atoms with Crippen molar-refractivity contribution in [2.75, 3.05) is 20.8 Å². The summed E-state index contributed by atoms with van der Waals surface area (Å²) in [7, 11) is 2.45. The van der Waals surface area contributed by atoms with Gasteiger partial charge in [0.2, 0.25) is 23.2 Å². The maximum absolute atomic E-state index is 13.9. The minimum atomic E-state index is -1.97. The smallest absolute Gasteiger partial charge is 0.239 e. The summed E-state index contributed by atoms with van der Waals surface area (Å²) < 4.78 is 38.6. The predicted molar refractivity (Wildman–Crippen MR) is 152 cm³/mol. The monoisotopic (exact) mass is 654 g/mol. The molecule has 10 atom stereocenters. The van der Waals surface area contributed by atoms with E-state index in [4.69, 9.17) is 32.8 Å². The van der Waals surface area contributed by atoms with E-state index in [9.17, 15) is 50.8 Å². The van der Waals surface area contributed by atoms with Gasteiger partial charge in [0.1, 0.15) is 53.9 Å². The Kier molecular flexibility index (Phi) is 9.50. The third-order valence-corrected chi connectivity index (χ3v) is 7.82. The van der Waals surface area contributed by atoms with Crippen LogP contribution in [0.1, 0.15) is 6.92 Å². The molecule has 2 aliphatic rings. The second-order valence-corrected chi connectivity index (χ2v) is 10.8. The first kappa shape index (κ1) is 33.5. The number of methoxy groups -OCH3 is 2. The van der Waals surface area contributed by atoms with Gasteiger partial charge in [0.05, 0.1) is 26.9 Å². The molecule has 0 radical (unpaired) electrons. The molecule has 1 aromatic heterocycles. The maximum atomic E-state index is 13.9. The highest BCUT2D eigenvalue weighted by molar-refractivity contribution is 5.93. The van der Waals surface area contributed by atoms with Crippen molar-refractivity contribution in [1.82, 2.24) is 0 Å². The number of phenolic OH excluding ortho intramolecular Hbond substituents is 3. The van der Waals surface area contributed by atoms with Gasteiger partial charge in [-0.15, -0.1) is 0 Å². The Morgan fingerprint density at radius 1 is 0.739 bits per heavy atom. The molecule has 2 fully saturated rings. The Morgan fingerprint density at radius 3 is 2.09 bits per heavy atom. The maximum Gasteiger partial charge on any atom is 0.239 e. The van der Waals surface area contributed by atoms with Gasteiger partial charge in [-0.3, -0.25) is 4.79 Å². The van der Waals surface area contributed by atoms with Crippen molar-refractivity contribution in [2.45, 2.75) is 68.3 Å². The second kappa shape index (κ2) is 13.1. The topological polar surface area (TPSA) is 268 Å². The van der Waals surface area contributed by atoms with Crippen molar-refractivity contribution in [3.63, 3.8) is 0 Å². The van der Waals surface area contributed by atoms with Gasteiger partial charge in [-0.1, -0.05) is 0 Å². The number of aromatic hydroxyl groups is 3. The van der Waals surface area contributed by atoms with Crippen molar-refractivity contribution in [1.29, 1.82) is 0 Å². The van der Waals surface area contributed by atoms with Gasteiger partial charge in [0, 0.05) is 11.6 Å². The van der Waals surface area contributed by atoms with E-state index in [-0.39, 0.29) is 34.2 Å². The van der Waals surface area contributed by atoms with E-state index in [0.717, 1.165) is 6.07 Å². The Balaban J connectivity index is 1.53. The van der Waals surface area contributed by atoms with Gasteiger partial charge < -0.3 is 78.8 Å². The molecule has 0 amide bonds. The minimum Gasteiger partial charge on any atom is -0.507 e. The van der Waals surface area contributed by atoms with E-state index in [0.29, 0.717) is 0 Å². The van der Waals surface area contributed by atoms with Crippen LogP contribution in [0.3, 0.4) is 0 Å². The SMILES string of the molecule is COc1cc(-c2oc3c(OC)c(O)cc(O)c3c(=O)c2O[C@@H]2OC(CO[C@@H]3OC(C)[C@H](O)[C@H](O)C3O)[C@@H](O)C(O)C2O)ccc1O. The van der Waals surface area contributed by atoms with Crippen molar-refractivity contribution in [2.24, 2.45) is 0 Å². The molecule has 46 heavy (non-hydrogen) atoms. The van der Waals surface area contributed by atoms with E-state index in [2.05, 4.69) is 0 Å². The molecule has 0 aliphatic carbocycles. The number of phenols is 3. The quantitative estimate of drug-likeness (QED) is 0.135. The molecule has 5 unspecified atom stereocenters. The number of benzene rings is 2. The lowest BCUT2D eigenvalue weighted by Gasteiger charge is -2.42. The molecule has 5 rings (SSSR count). The predicted octanol–water partition coefficient (Wildman–Crippen LogP) is -1.38. The van der Waals surface area contributed by atoms with Crippen molar-refractivity contribution < 1.29 is 78.8 Å². The van der Waals surface area contributed by atoms with Crippen LogP contribution in [0.4, 0.5) is 0 Å². The number of rotatable bonds is 8. The fourth-order valence-electron chi connectivity index (χ4n) is 5.22. The van der Waals surface area contributed by atoms with Crippen molar-refractivity contribution in [3.05, 3.63) is 34.5 Å². The van der Waals surface area contributed by atoms with Gasteiger partial charge in [0.15, 0.2) is 34.9 Å². The first-order valence-corrected chi connectivity index (χ1v) is 13.9. The second-order valence-electron chi connectivity index (χ2n) is 10.8. The van der Waals surface area contributed by atoms with Crippen LogP contribution in [0.5, 0.6) is 34.5 Å². The van der Waals surface area contributed by atoms with Gasteiger partial charge >= 0.3 is 0 Å². The molecule has 17 nitrogen and oxygen atoms in total. The Hall–Kier alpha value is -3.91. The summed E-state index contributed by atoms with van der Waals surface area (Å²) in [5, 5.41) is 92.8. The molecular weight excluding hydrogens is 620 g/mol. The third-order valence-electron chi connectivity index (χ3n) is 7.82. The highest BCUT2D eigenvalue weighted by Gasteiger charge is 2.48.